The number of carbonyl (C=O) groups excluding carboxylic acids is 1. The van der Waals surface area contributed by atoms with Crippen LogP contribution >= 0.6 is 0 Å². The number of piperidine rings is 1. The molecule has 3 atom stereocenters. The van der Waals surface area contributed by atoms with E-state index >= 15 is 0 Å². The number of nitro groups is 1. The fourth-order valence-corrected chi connectivity index (χ4v) is 2.98. The zero-order valence-electron chi connectivity index (χ0n) is 11.2. The lowest BCUT2D eigenvalue weighted by Crippen LogP contribution is -2.35. The van der Waals surface area contributed by atoms with Gasteiger partial charge < -0.3 is 10.6 Å². The molecule has 1 heterocycles. The van der Waals surface area contributed by atoms with Gasteiger partial charge in [0.2, 0.25) is 5.91 Å². The number of benzene rings is 1. The molecule has 1 aliphatic heterocycles. The summed E-state index contributed by atoms with van der Waals surface area (Å²) in [6.45, 7) is 3.73. The van der Waals surface area contributed by atoms with Gasteiger partial charge in [-0.3, -0.25) is 14.9 Å². The van der Waals surface area contributed by atoms with Gasteiger partial charge in [0.25, 0.3) is 5.69 Å². The highest BCUT2D eigenvalue weighted by atomic mass is 16.6. The number of non-ortho nitro benzene ring substituents is 1. The van der Waals surface area contributed by atoms with E-state index in [0.29, 0.717) is 17.4 Å². The first kappa shape index (κ1) is 13.1. The van der Waals surface area contributed by atoms with Crippen LogP contribution < -0.4 is 10.6 Å². The van der Waals surface area contributed by atoms with Crippen molar-refractivity contribution in [3.63, 3.8) is 0 Å². The summed E-state index contributed by atoms with van der Waals surface area (Å²) in [6, 6.07) is 6.56. The minimum Gasteiger partial charge on any atom is -0.352 e. The second kappa shape index (κ2) is 4.86. The Labute approximate surface area is 116 Å². The Morgan fingerprint density at radius 2 is 2.15 bits per heavy atom. The molecule has 2 aliphatic rings. The zero-order chi connectivity index (χ0) is 14.3. The molecule has 0 bridgehead atoms. The molecule has 6 heteroatoms. The van der Waals surface area contributed by atoms with Crippen LogP contribution in [0.25, 0.3) is 0 Å². The molecular weight excluding hydrogens is 258 g/mol. The first-order valence-electron chi connectivity index (χ1n) is 6.83. The van der Waals surface area contributed by atoms with Crippen LogP contribution in [0.4, 0.5) is 5.69 Å². The van der Waals surface area contributed by atoms with Gasteiger partial charge in [-0.05, 0) is 24.3 Å². The van der Waals surface area contributed by atoms with E-state index in [9.17, 15) is 14.9 Å². The van der Waals surface area contributed by atoms with Crippen LogP contribution in [0.3, 0.4) is 0 Å². The molecule has 106 valence electrons. The summed E-state index contributed by atoms with van der Waals surface area (Å²) in [4.78, 5) is 22.5. The van der Waals surface area contributed by atoms with Crippen molar-refractivity contribution in [2.45, 2.75) is 18.9 Å². The molecule has 0 radical (unpaired) electrons. The van der Waals surface area contributed by atoms with E-state index < -0.39 is 4.92 Å². The molecule has 0 spiro atoms. The predicted molar refractivity (Wildman–Crippen MR) is 73.3 cm³/mol. The normalized spacial score (nSPS) is 28.6. The van der Waals surface area contributed by atoms with Gasteiger partial charge in [0.15, 0.2) is 0 Å². The minimum absolute atomic E-state index is 0.0228. The number of nitro benzene ring substituents is 1. The van der Waals surface area contributed by atoms with Crippen molar-refractivity contribution < 1.29 is 9.72 Å². The average molecular weight is 275 g/mol. The maximum absolute atomic E-state index is 12.2. The minimum atomic E-state index is -0.439. The number of hydrogen-bond acceptors (Lipinski definition) is 4. The first-order valence-corrected chi connectivity index (χ1v) is 6.83. The number of hydrogen-bond donors (Lipinski definition) is 2. The second-order valence-electron chi connectivity index (χ2n) is 5.59. The molecule has 2 N–H and O–H groups in total. The Kier molecular flexibility index (Phi) is 3.17. The zero-order valence-corrected chi connectivity index (χ0v) is 11.2. The van der Waals surface area contributed by atoms with Crippen LogP contribution in [0.2, 0.25) is 0 Å². The Morgan fingerprint density at radius 3 is 2.80 bits per heavy atom. The van der Waals surface area contributed by atoms with Crippen molar-refractivity contribution in [1.82, 2.24) is 10.6 Å². The fraction of sp³-hybridized carbons (Fsp3) is 0.500. The Balaban J connectivity index is 1.65. The topological polar surface area (TPSA) is 84.3 Å². The lowest BCUT2D eigenvalue weighted by Gasteiger charge is -2.13. The molecule has 2 fully saturated rings. The molecule has 1 saturated heterocycles. The molecule has 6 nitrogen and oxygen atoms in total. The first-order chi connectivity index (χ1) is 9.58. The lowest BCUT2D eigenvalue weighted by atomic mass is 10.00. The number of fused-ring (bicyclic) bond motifs is 1. The standard InChI is InChI=1S/C14H17N3O3/c1-8(9-3-2-4-10(5-9)17(19)20)14(18)16-13-11-6-15-7-12(11)13/h2-5,8,11-13,15H,6-7H2,1H3,(H,16,18). The van der Waals surface area contributed by atoms with Gasteiger partial charge in [-0.1, -0.05) is 12.1 Å². The molecule has 0 aromatic heterocycles. The number of nitrogens with one attached hydrogen (secondary N) is 2. The highest BCUT2D eigenvalue weighted by molar-refractivity contribution is 5.84. The van der Waals surface area contributed by atoms with Crippen molar-refractivity contribution >= 4 is 11.6 Å². The van der Waals surface area contributed by atoms with Crippen molar-refractivity contribution in [3.8, 4) is 0 Å². The third-order valence-corrected chi connectivity index (χ3v) is 4.37. The smallest absolute Gasteiger partial charge is 0.269 e. The molecule has 3 rings (SSSR count). The van der Waals surface area contributed by atoms with Crippen LogP contribution in [0.1, 0.15) is 18.4 Å². The van der Waals surface area contributed by atoms with E-state index in [1.54, 1.807) is 19.1 Å². The number of rotatable bonds is 4. The quantitative estimate of drug-likeness (QED) is 0.635. The monoisotopic (exact) mass is 275 g/mol. The van der Waals surface area contributed by atoms with Crippen LogP contribution in [-0.2, 0) is 4.79 Å². The molecule has 1 aliphatic carbocycles. The van der Waals surface area contributed by atoms with Gasteiger partial charge in [0.05, 0.1) is 10.8 Å². The van der Waals surface area contributed by atoms with Gasteiger partial charge in [-0.15, -0.1) is 0 Å². The number of nitrogens with zero attached hydrogens (tertiary/aromatic N) is 1. The number of amides is 1. The summed E-state index contributed by atoms with van der Waals surface area (Å²) >= 11 is 0. The molecular formula is C14H17N3O3. The van der Waals surface area contributed by atoms with Gasteiger partial charge in [-0.25, -0.2) is 0 Å². The molecule has 3 unspecified atom stereocenters. The predicted octanol–water partition coefficient (Wildman–Crippen LogP) is 1.03. The number of carbonyl (C=O) groups is 1. The lowest BCUT2D eigenvalue weighted by molar-refractivity contribution is -0.384. The maximum atomic E-state index is 12.2. The summed E-state index contributed by atoms with van der Waals surface area (Å²) in [6.07, 6.45) is 0. The summed E-state index contributed by atoms with van der Waals surface area (Å²) in [5, 5.41) is 17.1. The van der Waals surface area contributed by atoms with Crippen LogP contribution in [-0.4, -0.2) is 30.0 Å². The SMILES string of the molecule is CC(C(=O)NC1C2CNCC21)c1cccc([N+](=O)[O-])c1. The van der Waals surface area contributed by atoms with Gasteiger partial charge in [-0.2, -0.15) is 0 Å². The highest BCUT2D eigenvalue weighted by Gasteiger charge is 2.53. The van der Waals surface area contributed by atoms with E-state index in [0.717, 1.165) is 13.1 Å². The second-order valence-corrected chi connectivity index (χ2v) is 5.59. The average Bonchev–Trinajstić information content (AvgIpc) is 2.88. The summed E-state index contributed by atoms with van der Waals surface area (Å²) in [7, 11) is 0. The van der Waals surface area contributed by atoms with E-state index in [4.69, 9.17) is 0 Å². The highest BCUT2D eigenvalue weighted by Crippen LogP contribution is 2.41. The van der Waals surface area contributed by atoms with Crippen LogP contribution in [0.15, 0.2) is 24.3 Å². The summed E-state index contributed by atoms with van der Waals surface area (Å²) in [5.41, 5.74) is 0.704. The Bertz CT molecular complexity index is 550. The van der Waals surface area contributed by atoms with Crippen molar-refractivity contribution in [3.05, 3.63) is 39.9 Å². The van der Waals surface area contributed by atoms with E-state index in [1.807, 2.05) is 0 Å². The van der Waals surface area contributed by atoms with E-state index in [1.165, 1.54) is 12.1 Å². The Hall–Kier alpha value is -1.95. The molecule has 1 aromatic carbocycles. The third-order valence-electron chi connectivity index (χ3n) is 4.37. The van der Waals surface area contributed by atoms with Crippen molar-refractivity contribution in [1.29, 1.82) is 0 Å². The summed E-state index contributed by atoms with van der Waals surface area (Å²) in [5.74, 6) is 0.710. The largest absolute Gasteiger partial charge is 0.352 e. The van der Waals surface area contributed by atoms with E-state index in [-0.39, 0.29) is 23.6 Å². The third kappa shape index (κ3) is 2.27. The molecule has 20 heavy (non-hydrogen) atoms. The molecule has 1 saturated carbocycles. The van der Waals surface area contributed by atoms with Gasteiger partial charge >= 0.3 is 0 Å². The van der Waals surface area contributed by atoms with Crippen molar-refractivity contribution in [2.75, 3.05) is 13.1 Å². The Morgan fingerprint density at radius 1 is 1.45 bits per heavy atom. The van der Waals surface area contributed by atoms with Gasteiger partial charge in [0.1, 0.15) is 0 Å². The maximum Gasteiger partial charge on any atom is 0.269 e. The fourth-order valence-electron chi connectivity index (χ4n) is 2.98. The van der Waals surface area contributed by atoms with Crippen LogP contribution in [0, 0.1) is 22.0 Å². The van der Waals surface area contributed by atoms with Gasteiger partial charge in [0, 0.05) is 31.3 Å². The van der Waals surface area contributed by atoms with E-state index in [2.05, 4.69) is 10.6 Å². The van der Waals surface area contributed by atoms with Crippen molar-refractivity contribution in [2.24, 2.45) is 11.8 Å². The molecule has 1 aromatic rings. The van der Waals surface area contributed by atoms with Crippen LogP contribution in [0.5, 0.6) is 0 Å². The summed E-state index contributed by atoms with van der Waals surface area (Å²) < 4.78 is 0. The molecule has 1 amide bonds.